The number of hydrogen-bond donors (Lipinski definition) is 0. The summed E-state index contributed by atoms with van der Waals surface area (Å²) >= 11 is 5.73. The highest BCUT2D eigenvalue weighted by Gasteiger charge is 2.27. The Balaban J connectivity index is 1.68. The average molecular weight is 361 g/mol. The normalized spacial score (nSPS) is 15.8. The van der Waals surface area contributed by atoms with Gasteiger partial charge < -0.3 is 4.90 Å². The van der Waals surface area contributed by atoms with Crippen molar-refractivity contribution in [2.45, 2.75) is 6.54 Å². The van der Waals surface area contributed by atoms with Crippen LogP contribution in [-0.2, 0) is 6.54 Å². The van der Waals surface area contributed by atoms with Gasteiger partial charge in [-0.05, 0) is 11.6 Å². The topological polar surface area (TPSA) is 32.3 Å². The highest BCUT2D eigenvalue weighted by Crippen LogP contribution is 2.27. The second-order valence-corrected chi connectivity index (χ2v) is 5.81. The maximum Gasteiger partial charge on any atom is 0.253 e. The molecule has 2 aromatic rings. The van der Waals surface area contributed by atoms with Gasteiger partial charge in [0.1, 0.15) is 10.8 Å². The van der Waals surface area contributed by atoms with E-state index < -0.39 is 29.2 Å². The van der Waals surface area contributed by atoms with Crippen LogP contribution in [0.1, 0.15) is 5.56 Å². The van der Waals surface area contributed by atoms with Gasteiger partial charge >= 0.3 is 0 Å². The Labute approximate surface area is 140 Å². The fourth-order valence-electron chi connectivity index (χ4n) is 2.64. The monoisotopic (exact) mass is 360 g/mol. The second kappa shape index (κ2) is 6.90. The zero-order chi connectivity index (χ0) is 17.3. The smallest absolute Gasteiger partial charge is 0.253 e. The van der Waals surface area contributed by atoms with Crippen LogP contribution in [0.2, 0.25) is 5.15 Å². The fraction of sp³-hybridized carbons (Fsp3) is 0.333. The summed E-state index contributed by atoms with van der Waals surface area (Å²) in [6.45, 7) is 2.03. The molecule has 0 aliphatic carbocycles. The SMILES string of the molecule is Fc1nc(F)c(F)c(N2CCN(Cc3ccc(Cl)nc3)CC2)c1F. The number of anilines is 1. The first-order valence-electron chi connectivity index (χ1n) is 7.23. The van der Waals surface area contributed by atoms with Gasteiger partial charge in [-0.2, -0.15) is 22.5 Å². The minimum Gasteiger partial charge on any atom is -0.364 e. The molecule has 24 heavy (non-hydrogen) atoms. The third kappa shape index (κ3) is 3.44. The standard InChI is InChI=1S/C15H13ClF4N4/c16-10-2-1-9(7-21-10)8-23-3-5-24(6-4-23)13-11(17)14(19)22-15(20)12(13)18/h1-2,7H,3-6,8H2. The first-order chi connectivity index (χ1) is 11.5. The summed E-state index contributed by atoms with van der Waals surface area (Å²) in [5.41, 5.74) is 0.249. The summed E-state index contributed by atoms with van der Waals surface area (Å²) < 4.78 is 54.0. The molecule has 0 radical (unpaired) electrons. The molecule has 9 heteroatoms. The van der Waals surface area contributed by atoms with Crippen LogP contribution in [-0.4, -0.2) is 41.0 Å². The van der Waals surface area contributed by atoms with Crippen LogP contribution in [0.4, 0.5) is 23.2 Å². The summed E-state index contributed by atoms with van der Waals surface area (Å²) in [5.74, 6) is -6.22. The number of halogens is 5. The van der Waals surface area contributed by atoms with Gasteiger partial charge in [0, 0.05) is 38.9 Å². The van der Waals surface area contributed by atoms with Crippen LogP contribution in [0.3, 0.4) is 0 Å². The highest BCUT2D eigenvalue weighted by molar-refractivity contribution is 6.29. The van der Waals surface area contributed by atoms with Gasteiger partial charge in [-0.3, -0.25) is 4.90 Å². The predicted octanol–water partition coefficient (Wildman–Crippen LogP) is 3.01. The van der Waals surface area contributed by atoms with E-state index in [0.29, 0.717) is 24.8 Å². The van der Waals surface area contributed by atoms with Crippen molar-refractivity contribution in [2.24, 2.45) is 0 Å². The Morgan fingerprint density at radius 1 is 0.958 bits per heavy atom. The molecule has 0 spiro atoms. The molecule has 0 amide bonds. The minimum absolute atomic E-state index is 0.234. The van der Waals surface area contributed by atoms with Gasteiger partial charge in [-0.1, -0.05) is 17.7 Å². The largest absolute Gasteiger partial charge is 0.364 e. The lowest BCUT2D eigenvalue weighted by atomic mass is 10.2. The molecule has 0 bridgehead atoms. The van der Waals surface area contributed by atoms with Gasteiger partial charge in [0.05, 0.1) is 0 Å². The van der Waals surface area contributed by atoms with E-state index in [-0.39, 0.29) is 13.1 Å². The van der Waals surface area contributed by atoms with Crippen molar-refractivity contribution in [2.75, 3.05) is 31.1 Å². The molecule has 2 aromatic heterocycles. The molecular weight excluding hydrogens is 348 g/mol. The summed E-state index contributed by atoms with van der Waals surface area (Å²) in [7, 11) is 0. The van der Waals surface area contributed by atoms with Crippen molar-refractivity contribution >= 4 is 17.3 Å². The number of pyridine rings is 2. The van der Waals surface area contributed by atoms with Crippen LogP contribution in [0.25, 0.3) is 0 Å². The van der Waals surface area contributed by atoms with Gasteiger partial charge in [-0.25, -0.2) is 4.98 Å². The van der Waals surface area contributed by atoms with E-state index in [2.05, 4.69) is 9.97 Å². The molecule has 1 aliphatic heterocycles. The molecule has 0 atom stereocenters. The second-order valence-electron chi connectivity index (χ2n) is 5.42. The quantitative estimate of drug-likeness (QED) is 0.622. The molecule has 4 nitrogen and oxygen atoms in total. The van der Waals surface area contributed by atoms with Gasteiger partial charge in [0.15, 0.2) is 0 Å². The summed E-state index contributed by atoms with van der Waals surface area (Å²) in [6, 6.07) is 3.52. The van der Waals surface area contributed by atoms with E-state index in [1.54, 1.807) is 12.3 Å². The van der Waals surface area contributed by atoms with E-state index in [1.807, 2.05) is 11.0 Å². The van der Waals surface area contributed by atoms with Crippen molar-refractivity contribution in [3.05, 3.63) is 52.6 Å². The van der Waals surface area contributed by atoms with Crippen molar-refractivity contribution in [1.82, 2.24) is 14.9 Å². The van der Waals surface area contributed by atoms with Crippen molar-refractivity contribution in [1.29, 1.82) is 0 Å². The van der Waals surface area contributed by atoms with E-state index in [0.717, 1.165) is 5.56 Å². The summed E-state index contributed by atoms with van der Waals surface area (Å²) in [6.07, 6.45) is 1.65. The Morgan fingerprint density at radius 3 is 2.12 bits per heavy atom. The van der Waals surface area contributed by atoms with Crippen LogP contribution in [0.15, 0.2) is 18.3 Å². The van der Waals surface area contributed by atoms with Crippen LogP contribution < -0.4 is 4.90 Å². The van der Waals surface area contributed by atoms with Gasteiger partial charge in [0.2, 0.25) is 11.6 Å². The maximum atomic E-state index is 13.8. The third-order valence-electron chi connectivity index (χ3n) is 3.86. The van der Waals surface area contributed by atoms with Gasteiger partial charge in [-0.15, -0.1) is 0 Å². The maximum absolute atomic E-state index is 13.8. The van der Waals surface area contributed by atoms with Crippen molar-refractivity contribution < 1.29 is 17.6 Å². The molecule has 1 fully saturated rings. The molecule has 0 aromatic carbocycles. The molecule has 0 unspecified atom stereocenters. The zero-order valence-corrected chi connectivity index (χ0v) is 13.2. The van der Waals surface area contributed by atoms with Crippen LogP contribution >= 0.6 is 11.6 Å². The molecule has 3 rings (SSSR count). The summed E-state index contributed by atoms with van der Waals surface area (Å²) in [4.78, 5) is 9.89. The predicted molar refractivity (Wildman–Crippen MR) is 80.8 cm³/mol. The van der Waals surface area contributed by atoms with Crippen LogP contribution in [0.5, 0.6) is 0 Å². The average Bonchev–Trinajstić information content (AvgIpc) is 2.57. The molecule has 128 valence electrons. The van der Waals surface area contributed by atoms with E-state index in [4.69, 9.17) is 11.6 Å². The lowest BCUT2D eigenvalue weighted by molar-refractivity contribution is 0.247. The Bertz CT molecular complexity index is 707. The number of piperazine rings is 1. The molecule has 1 aliphatic rings. The Hall–Kier alpha value is -1.93. The van der Waals surface area contributed by atoms with Crippen molar-refractivity contribution in [3.8, 4) is 0 Å². The van der Waals surface area contributed by atoms with Gasteiger partial charge in [0.25, 0.3) is 11.9 Å². The highest BCUT2D eigenvalue weighted by atomic mass is 35.5. The van der Waals surface area contributed by atoms with E-state index >= 15 is 0 Å². The van der Waals surface area contributed by atoms with Crippen LogP contribution in [0, 0.1) is 23.5 Å². The lowest BCUT2D eigenvalue weighted by Gasteiger charge is -2.36. The third-order valence-corrected chi connectivity index (χ3v) is 4.08. The minimum atomic E-state index is -1.64. The molecule has 3 heterocycles. The number of rotatable bonds is 3. The van der Waals surface area contributed by atoms with Crippen molar-refractivity contribution in [3.63, 3.8) is 0 Å². The number of aromatic nitrogens is 2. The molecule has 0 saturated carbocycles. The molecule has 1 saturated heterocycles. The van der Waals surface area contributed by atoms with E-state index in [9.17, 15) is 17.6 Å². The molecular formula is C15H13ClF4N4. The number of nitrogens with zero attached hydrogens (tertiary/aromatic N) is 4. The first kappa shape index (κ1) is 16.9. The zero-order valence-electron chi connectivity index (χ0n) is 12.4. The van der Waals surface area contributed by atoms with E-state index in [1.165, 1.54) is 4.90 Å². The Kier molecular flexibility index (Phi) is 4.86. The Morgan fingerprint density at radius 2 is 1.58 bits per heavy atom. The fourth-order valence-corrected chi connectivity index (χ4v) is 2.75. The number of hydrogen-bond acceptors (Lipinski definition) is 4. The lowest BCUT2D eigenvalue weighted by Crippen LogP contribution is -2.46. The first-order valence-corrected chi connectivity index (χ1v) is 7.61. The molecule has 0 N–H and O–H groups in total. The summed E-state index contributed by atoms with van der Waals surface area (Å²) in [5, 5.41) is 0.399.